The normalized spacial score (nSPS) is 12.9. The molecule has 0 saturated carbocycles. The van der Waals surface area contributed by atoms with Gasteiger partial charge < -0.3 is 9.13 Å². The van der Waals surface area contributed by atoms with E-state index in [-0.39, 0.29) is 27.5 Å². The van der Waals surface area contributed by atoms with Crippen LogP contribution in [0.15, 0.2) is 21.8 Å². The average Bonchev–Trinajstić information content (AvgIpc) is 3.10. The molecule has 27 heavy (non-hydrogen) atoms. The number of imidazole rings is 1. The van der Waals surface area contributed by atoms with Crippen LogP contribution >= 0.6 is 33.9 Å². The van der Waals surface area contributed by atoms with Gasteiger partial charge in [0, 0.05) is 14.1 Å². The standard InChI is InChI=1S/C15H13F3IN3O3S2/c1-4-27(24,25)8-6-10(19)26-12(8)13-20-7-5-9(15(16,17)18)21(2)14(23)11(7)22(13)3/h5-6H,4H2,1-3H3. The lowest BCUT2D eigenvalue weighted by molar-refractivity contribution is -0.143. The minimum absolute atomic E-state index is 0.0243. The molecule has 0 radical (unpaired) electrons. The maximum absolute atomic E-state index is 13.2. The van der Waals surface area contributed by atoms with Gasteiger partial charge in [0.1, 0.15) is 11.2 Å². The summed E-state index contributed by atoms with van der Waals surface area (Å²) < 4.78 is 66.9. The van der Waals surface area contributed by atoms with E-state index < -0.39 is 27.3 Å². The molecule has 0 atom stereocenters. The van der Waals surface area contributed by atoms with E-state index in [0.29, 0.717) is 12.3 Å². The molecule has 0 fully saturated rings. The molecule has 6 nitrogen and oxygen atoms in total. The van der Waals surface area contributed by atoms with Crippen LogP contribution < -0.4 is 5.56 Å². The van der Waals surface area contributed by atoms with Gasteiger partial charge in [-0.1, -0.05) is 6.92 Å². The van der Waals surface area contributed by atoms with E-state index in [9.17, 15) is 26.4 Å². The fourth-order valence-corrected chi connectivity index (χ4v) is 6.28. The lowest BCUT2D eigenvalue weighted by atomic mass is 10.3. The van der Waals surface area contributed by atoms with Crippen LogP contribution in [0.2, 0.25) is 0 Å². The first kappa shape index (κ1) is 20.3. The van der Waals surface area contributed by atoms with Crippen LogP contribution in [-0.2, 0) is 30.1 Å². The first-order valence-electron chi connectivity index (χ1n) is 7.54. The number of fused-ring (bicyclic) bond motifs is 1. The summed E-state index contributed by atoms with van der Waals surface area (Å²) in [6.45, 7) is 1.50. The predicted molar refractivity (Wildman–Crippen MR) is 105 cm³/mol. The van der Waals surface area contributed by atoms with Crippen molar-refractivity contribution < 1.29 is 21.6 Å². The number of hydrogen-bond acceptors (Lipinski definition) is 5. The summed E-state index contributed by atoms with van der Waals surface area (Å²) in [4.78, 5) is 17.0. The fourth-order valence-electron chi connectivity index (χ4n) is 2.73. The lowest BCUT2D eigenvalue weighted by Crippen LogP contribution is -2.26. The minimum atomic E-state index is -4.71. The fraction of sp³-hybridized carbons (Fsp3) is 0.333. The number of thiophene rings is 1. The predicted octanol–water partition coefficient (Wildman–Crippen LogP) is 3.42. The first-order valence-corrected chi connectivity index (χ1v) is 11.1. The number of halogens is 4. The van der Waals surface area contributed by atoms with Crippen LogP contribution in [0.4, 0.5) is 13.2 Å². The Morgan fingerprint density at radius 2 is 1.85 bits per heavy atom. The zero-order valence-electron chi connectivity index (χ0n) is 14.3. The molecule has 0 spiro atoms. The van der Waals surface area contributed by atoms with Gasteiger partial charge in [0.2, 0.25) is 0 Å². The van der Waals surface area contributed by atoms with Crippen molar-refractivity contribution in [2.45, 2.75) is 18.0 Å². The molecule has 3 rings (SSSR count). The summed E-state index contributed by atoms with van der Waals surface area (Å²) in [6, 6.07) is 2.30. The monoisotopic (exact) mass is 531 g/mol. The molecule has 146 valence electrons. The molecule has 0 aliphatic rings. The van der Waals surface area contributed by atoms with Crippen molar-refractivity contribution in [3.8, 4) is 10.7 Å². The molecular weight excluding hydrogens is 518 g/mol. The number of aromatic nitrogens is 3. The van der Waals surface area contributed by atoms with Crippen molar-refractivity contribution in [1.82, 2.24) is 14.1 Å². The molecule has 0 aromatic carbocycles. The first-order chi connectivity index (χ1) is 12.4. The molecule has 0 saturated heterocycles. The number of aryl methyl sites for hydroxylation is 1. The molecule has 3 aromatic rings. The van der Waals surface area contributed by atoms with Crippen molar-refractivity contribution >= 4 is 54.8 Å². The maximum Gasteiger partial charge on any atom is 0.431 e. The molecule has 0 aliphatic heterocycles. The van der Waals surface area contributed by atoms with Gasteiger partial charge in [0.15, 0.2) is 15.7 Å². The molecule has 0 aliphatic carbocycles. The number of rotatable bonds is 3. The van der Waals surface area contributed by atoms with Crippen LogP contribution in [0.1, 0.15) is 12.6 Å². The van der Waals surface area contributed by atoms with E-state index in [2.05, 4.69) is 4.98 Å². The van der Waals surface area contributed by atoms with Gasteiger partial charge in [-0.3, -0.25) is 4.79 Å². The zero-order valence-corrected chi connectivity index (χ0v) is 18.0. The van der Waals surface area contributed by atoms with Crippen molar-refractivity contribution in [1.29, 1.82) is 0 Å². The molecule has 0 amide bonds. The third-order valence-electron chi connectivity index (χ3n) is 4.14. The summed E-state index contributed by atoms with van der Waals surface area (Å²) in [5.74, 6) is 0.0119. The summed E-state index contributed by atoms with van der Waals surface area (Å²) in [5, 5.41) is 0. The smallest absolute Gasteiger partial charge is 0.322 e. The van der Waals surface area contributed by atoms with Gasteiger partial charge in [0.05, 0.1) is 23.9 Å². The van der Waals surface area contributed by atoms with Gasteiger partial charge in [-0.2, -0.15) is 13.2 Å². The Hall–Kier alpha value is -1.41. The Kier molecular flexibility index (Phi) is 4.96. The van der Waals surface area contributed by atoms with Crippen LogP contribution in [0, 0.1) is 2.88 Å². The van der Waals surface area contributed by atoms with E-state index in [0.717, 1.165) is 24.5 Å². The third-order valence-corrected chi connectivity index (χ3v) is 7.91. The Morgan fingerprint density at radius 3 is 2.41 bits per heavy atom. The Balaban J connectivity index is 2.39. The van der Waals surface area contributed by atoms with Gasteiger partial charge >= 0.3 is 6.18 Å². The van der Waals surface area contributed by atoms with Crippen LogP contribution in [0.5, 0.6) is 0 Å². The SMILES string of the molecule is CCS(=O)(=O)c1cc(I)sc1-c1nc2cc(C(F)(F)F)n(C)c(=O)c2n1C. The summed E-state index contributed by atoms with van der Waals surface area (Å²) in [6.07, 6.45) is -4.71. The van der Waals surface area contributed by atoms with E-state index in [1.807, 2.05) is 22.6 Å². The quantitative estimate of drug-likeness (QED) is 0.486. The van der Waals surface area contributed by atoms with Gasteiger partial charge in [0.25, 0.3) is 5.56 Å². The minimum Gasteiger partial charge on any atom is -0.322 e. The number of alkyl halides is 3. The molecular formula is C15H13F3IN3O3S2. The van der Waals surface area contributed by atoms with Crippen LogP contribution in [0.25, 0.3) is 21.7 Å². The van der Waals surface area contributed by atoms with Crippen molar-refractivity contribution in [2.75, 3.05) is 5.75 Å². The van der Waals surface area contributed by atoms with Gasteiger partial charge in [-0.15, -0.1) is 11.3 Å². The third kappa shape index (κ3) is 3.31. The van der Waals surface area contributed by atoms with Crippen molar-refractivity contribution in [3.63, 3.8) is 0 Å². The second kappa shape index (κ2) is 6.58. The van der Waals surface area contributed by atoms with E-state index in [1.54, 1.807) is 0 Å². The van der Waals surface area contributed by atoms with Gasteiger partial charge in [-0.25, -0.2) is 13.4 Å². The highest BCUT2D eigenvalue weighted by atomic mass is 127. The average molecular weight is 531 g/mol. The maximum atomic E-state index is 13.2. The highest BCUT2D eigenvalue weighted by Gasteiger charge is 2.35. The molecule has 12 heteroatoms. The number of hydrogen-bond donors (Lipinski definition) is 0. The highest BCUT2D eigenvalue weighted by molar-refractivity contribution is 14.1. The van der Waals surface area contributed by atoms with Gasteiger partial charge in [-0.05, 0) is 34.7 Å². The topological polar surface area (TPSA) is 74.0 Å². The molecule has 0 N–H and O–H groups in total. The molecule has 3 heterocycles. The second-order valence-electron chi connectivity index (χ2n) is 5.77. The van der Waals surface area contributed by atoms with E-state index in [4.69, 9.17) is 0 Å². The van der Waals surface area contributed by atoms with Crippen LogP contribution in [0.3, 0.4) is 0 Å². The summed E-state index contributed by atoms with van der Waals surface area (Å²) in [7, 11) is -1.05. The Bertz CT molecular complexity index is 1220. The second-order valence-corrected chi connectivity index (χ2v) is 11.0. The lowest BCUT2D eigenvalue weighted by Gasteiger charge is -2.11. The van der Waals surface area contributed by atoms with Crippen LogP contribution in [-0.4, -0.2) is 28.3 Å². The highest BCUT2D eigenvalue weighted by Crippen LogP contribution is 2.38. The number of nitrogens with zero attached hydrogens (tertiary/aromatic N) is 3. The molecule has 0 bridgehead atoms. The summed E-state index contributed by atoms with van der Waals surface area (Å²) >= 11 is 3.12. The summed E-state index contributed by atoms with van der Waals surface area (Å²) in [5.41, 5.74) is -2.13. The zero-order chi connectivity index (χ0) is 20.3. The Morgan fingerprint density at radius 1 is 1.22 bits per heavy atom. The van der Waals surface area contributed by atoms with Crippen molar-refractivity contribution in [2.24, 2.45) is 14.1 Å². The largest absolute Gasteiger partial charge is 0.431 e. The number of sulfone groups is 1. The van der Waals surface area contributed by atoms with E-state index in [1.165, 1.54) is 24.6 Å². The number of pyridine rings is 1. The van der Waals surface area contributed by atoms with Crippen molar-refractivity contribution in [3.05, 3.63) is 31.1 Å². The Labute approximate surface area is 169 Å². The molecule has 3 aromatic heterocycles. The van der Waals surface area contributed by atoms with E-state index >= 15 is 0 Å². The molecule has 0 unspecified atom stereocenters.